The van der Waals surface area contributed by atoms with Crippen LogP contribution in [0.2, 0.25) is 5.02 Å². The fourth-order valence-corrected chi connectivity index (χ4v) is 1.54. The number of anilines is 1. The SMILES string of the molecule is NCC#Cc1cc(Cl)ccc1NC(=O)c1cn[nH]n1. The van der Waals surface area contributed by atoms with E-state index >= 15 is 0 Å². The molecule has 0 spiro atoms. The topological polar surface area (TPSA) is 96.7 Å². The van der Waals surface area contributed by atoms with Crippen molar-refractivity contribution in [2.24, 2.45) is 5.73 Å². The van der Waals surface area contributed by atoms with Crippen molar-refractivity contribution in [1.29, 1.82) is 0 Å². The minimum atomic E-state index is -0.383. The molecule has 7 heteroatoms. The highest BCUT2D eigenvalue weighted by molar-refractivity contribution is 6.30. The smallest absolute Gasteiger partial charge is 0.277 e. The maximum Gasteiger partial charge on any atom is 0.277 e. The molecule has 0 fully saturated rings. The molecular formula is C12H10ClN5O. The number of H-pyrrole nitrogens is 1. The van der Waals surface area contributed by atoms with Gasteiger partial charge in [-0.3, -0.25) is 4.79 Å². The number of carbonyl (C=O) groups excluding carboxylic acids is 1. The van der Waals surface area contributed by atoms with Crippen molar-refractivity contribution < 1.29 is 4.79 Å². The molecule has 0 unspecified atom stereocenters. The Morgan fingerprint density at radius 2 is 2.37 bits per heavy atom. The molecule has 0 atom stereocenters. The monoisotopic (exact) mass is 275 g/mol. The Labute approximate surface area is 114 Å². The second kappa shape index (κ2) is 6.00. The Hall–Kier alpha value is -2.36. The van der Waals surface area contributed by atoms with E-state index in [1.165, 1.54) is 6.20 Å². The molecule has 0 bridgehead atoms. The first-order valence-corrected chi connectivity index (χ1v) is 5.74. The molecule has 96 valence electrons. The molecule has 1 aromatic heterocycles. The van der Waals surface area contributed by atoms with Gasteiger partial charge in [0.05, 0.1) is 18.4 Å². The molecule has 1 heterocycles. The van der Waals surface area contributed by atoms with Crippen LogP contribution in [0.4, 0.5) is 5.69 Å². The highest BCUT2D eigenvalue weighted by Crippen LogP contribution is 2.20. The molecule has 0 saturated heterocycles. The average molecular weight is 276 g/mol. The number of aromatic amines is 1. The summed E-state index contributed by atoms with van der Waals surface area (Å²) in [4.78, 5) is 11.8. The van der Waals surface area contributed by atoms with Gasteiger partial charge in [0, 0.05) is 10.6 Å². The molecule has 6 nitrogen and oxygen atoms in total. The lowest BCUT2D eigenvalue weighted by atomic mass is 10.1. The van der Waals surface area contributed by atoms with Gasteiger partial charge in [-0.15, -0.1) is 0 Å². The summed E-state index contributed by atoms with van der Waals surface area (Å²) in [7, 11) is 0. The van der Waals surface area contributed by atoms with Gasteiger partial charge in [-0.05, 0) is 18.2 Å². The summed E-state index contributed by atoms with van der Waals surface area (Å²) in [6.07, 6.45) is 1.33. The standard InChI is InChI=1S/C12H10ClN5O/c13-9-3-4-10(8(6-9)2-1-5-14)16-12(19)11-7-15-18-17-11/h3-4,6-7H,5,14H2,(H,16,19)(H,15,17,18). The fraction of sp³-hybridized carbons (Fsp3) is 0.0833. The first-order chi connectivity index (χ1) is 9.20. The summed E-state index contributed by atoms with van der Waals surface area (Å²) in [6, 6.07) is 4.98. The zero-order valence-corrected chi connectivity index (χ0v) is 10.5. The van der Waals surface area contributed by atoms with E-state index in [-0.39, 0.29) is 18.1 Å². The molecule has 2 aromatic rings. The number of aromatic nitrogens is 3. The van der Waals surface area contributed by atoms with Crippen LogP contribution in [0.3, 0.4) is 0 Å². The maximum atomic E-state index is 11.8. The molecule has 1 amide bonds. The summed E-state index contributed by atoms with van der Waals surface area (Å²) in [5, 5.41) is 12.8. The van der Waals surface area contributed by atoms with Gasteiger partial charge in [-0.1, -0.05) is 23.4 Å². The Balaban J connectivity index is 2.27. The van der Waals surface area contributed by atoms with E-state index in [4.69, 9.17) is 17.3 Å². The van der Waals surface area contributed by atoms with Crippen molar-refractivity contribution in [2.75, 3.05) is 11.9 Å². The van der Waals surface area contributed by atoms with Crippen LogP contribution in [0, 0.1) is 11.8 Å². The number of hydrogen-bond donors (Lipinski definition) is 3. The number of nitrogens with one attached hydrogen (secondary N) is 2. The largest absolute Gasteiger partial charge is 0.320 e. The van der Waals surface area contributed by atoms with Crippen molar-refractivity contribution in [3.63, 3.8) is 0 Å². The number of nitrogens with zero attached hydrogens (tertiary/aromatic N) is 2. The molecule has 0 aliphatic heterocycles. The maximum absolute atomic E-state index is 11.8. The summed E-state index contributed by atoms with van der Waals surface area (Å²) in [5.41, 5.74) is 6.65. The third-order valence-corrected chi connectivity index (χ3v) is 2.44. The number of hydrogen-bond acceptors (Lipinski definition) is 4. The fourth-order valence-electron chi connectivity index (χ4n) is 1.37. The third kappa shape index (κ3) is 3.31. The van der Waals surface area contributed by atoms with E-state index in [0.29, 0.717) is 16.3 Å². The Morgan fingerprint density at radius 3 is 3.05 bits per heavy atom. The van der Waals surface area contributed by atoms with E-state index in [0.717, 1.165) is 0 Å². The second-order valence-corrected chi connectivity index (χ2v) is 3.94. The Bertz CT molecular complexity index is 642. The first kappa shape index (κ1) is 13.1. The van der Waals surface area contributed by atoms with Crippen LogP contribution in [0.15, 0.2) is 24.4 Å². The van der Waals surface area contributed by atoms with Crippen LogP contribution in [0.25, 0.3) is 0 Å². The van der Waals surface area contributed by atoms with Crippen molar-refractivity contribution >= 4 is 23.2 Å². The van der Waals surface area contributed by atoms with Crippen LogP contribution < -0.4 is 11.1 Å². The van der Waals surface area contributed by atoms with Crippen LogP contribution in [-0.2, 0) is 0 Å². The van der Waals surface area contributed by atoms with E-state index in [9.17, 15) is 4.79 Å². The molecule has 0 aliphatic rings. The molecule has 19 heavy (non-hydrogen) atoms. The van der Waals surface area contributed by atoms with Gasteiger partial charge in [0.25, 0.3) is 5.91 Å². The number of benzene rings is 1. The number of nitrogens with two attached hydrogens (primary N) is 1. The third-order valence-electron chi connectivity index (χ3n) is 2.20. The van der Waals surface area contributed by atoms with Crippen LogP contribution in [0.1, 0.15) is 16.1 Å². The number of amides is 1. The van der Waals surface area contributed by atoms with E-state index in [2.05, 4.69) is 32.6 Å². The molecule has 0 radical (unpaired) electrons. The summed E-state index contributed by atoms with van der Waals surface area (Å²) in [6.45, 7) is 0.225. The average Bonchev–Trinajstić information content (AvgIpc) is 2.93. The van der Waals surface area contributed by atoms with Crippen molar-refractivity contribution in [1.82, 2.24) is 15.4 Å². The van der Waals surface area contributed by atoms with Gasteiger partial charge >= 0.3 is 0 Å². The highest BCUT2D eigenvalue weighted by atomic mass is 35.5. The Kier molecular flexibility index (Phi) is 4.13. The van der Waals surface area contributed by atoms with Crippen LogP contribution in [-0.4, -0.2) is 27.9 Å². The highest BCUT2D eigenvalue weighted by Gasteiger charge is 2.11. The molecule has 0 saturated carbocycles. The molecule has 4 N–H and O–H groups in total. The minimum absolute atomic E-state index is 0.188. The summed E-state index contributed by atoms with van der Waals surface area (Å²) >= 11 is 5.89. The van der Waals surface area contributed by atoms with Gasteiger partial charge in [0.15, 0.2) is 5.69 Å². The van der Waals surface area contributed by atoms with E-state index in [1.807, 2.05) is 0 Å². The molecular weight excluding hydrogens is 266 g/mol. The second-order valence-electron chi connectivity index (χ2n) is 3.51. The predicted octanol–water partition coefficient (Wildman–Crippen LogP) is 1.02. The zero-order valence-electron chi connectivity index (χ0n) is 9.77. The first-order valence-electron chi connectivity index (χ1n) is 5.36. The lowest BCUT2D eigenvalue weighted by Crippen LogP contribution is -2.13. The van der Waals surface area contributed by atoms with E-state index < -0.39 is 0 Å². The van der Waals surface area contributed by atoms with Crippen LogP contribution >= 0.6 is 11.6 Å². The lowest BCUT2D eigenvalue weighted by molar-refractivity contribution is 0.102. The van der Waals surface area contributed by atoms with Crippen LogP contribution in [0.5, 0.6) is 0 Å². The van der Waals surface area contributed by atoms with Crippen molar-refractivity contribution in [2.45, 2.75) is 0 Å². The zero-order chi connectivity index (χ0) is 13.7. The number of halogens is 1. The van der Waals surface area contributed by atoms with E-state index in [1.54, 1.807) is 18.2 Å². The van der Waals surface area contributed by atoms with Gasteiger partial charge in [0.2, 0.25) is 0 Å². The van der Waals surface area contributed by atoms with Crippen molar-refractivity contribution in [3.8, 4) is 11.8 Å². The predicted molar refractivity (Wildman–Crippen MR) is 71.7 cm³/mol. The molecule has 2 rings (SSSR count). The number of rotatable bonds is 2. The van der Waals surface area contributed by atoms with Gasteiger partial charge in [-0.25, -0.2) is 0 Å². The number of carbonyl (C=O) groups is 1. The Morgan fingerprint density at radius 1 is 1.53 bits per heavy atom. The normalized spacial score (nSPS) is 9.58. The quantitative estimate of drug-likeness (QED) is 0.713. The van der Waals surface area contributed by atoms with Gasteiger partial charge < -0.3 is 11.1 Å². The van der Waals surface area contributed by atoms with Gasteiger partial charge in [0.1, 0.15) is 0 Å². The van der Waals surface area contributed by atoms with Gasteiger partial charge in [-0.2, -0.15) is 15.4 Å². The lowest BCUT2D eigenvalue weighted by Gasteiger charge is -2.06. The summed E-state index contributed by atoms with van der Waals surface area (Å²) < 4.78 is 0. The minimum Gasteiger partial charge on any atom is -0.320 e. The molecule has 1 aromatic carbocycles. The molecule has 0 aliphatic carbocycles. The van der Waals surface area contributed by atoms with Crippen molar-refractivity contribution in [3.05, 3.63) is 40.7 Å². The summed E-state index contributed by atoms with van der Waals surface area (Å²) in [5.74, 6) is 5.18.